The number of carbonyl (C=O) groups excluding carboxylic acids is 1. The van der Waals surface area contributed by atoms with Crippen LogP contribution in [0.25, 0.3) is 0 Å². The topological polar surface area (TPSA) is 53.2 Å². The van der Waals surface area contributed by atoms with Gasteiger partial charge in [-0.1, -0.05) is 6.07 Å². The molecular formula is C9H4Br2N2O. The highest BCUT2D eigenvalue weighted by Gasteiger charge is 2.09. The molecule has 0 amide bonds. The first-order chi connectivity index (χ1) is 6.69. The zero-order valence-corrected chi connectivity index (χ0v) is 10.0. The molecule has 1 unspecified atom stereocenters. The Balaban J connectivity index is 3.13. The number of isocyanates is 1. The van der Waals surface area contributed by atoms with Crippen molar-refractivity contribution in [3.8, 4) is 6.07 Å². The lowest BCUT2D eigenvalue weighted by atomic mass is 10.1. The number of hydrogen-bond acceptors (Lipinski definition) is 3. The minimum atomic E-state index is -0.781. The molecule has 0 aliphatic carbocycles. The quantitative estimate of drug-likeness (QED) is 0.622. The van der Waals surface area contributed by atoms with Gasteiger partial charge in [0.2, 0.25) is 6.08 Å². The van der Waals surface area contributed by atoms with Gasteiger partial charge in [0.05, 0.1) is 6.07 Å². The van der Waals surface area contributed by atoms with Crippen LogP contribution in [0.5, 0.6) is 0 Å². The average molecular weight is 316 g/mol. The third kappa shape index (κ3) is 2.52. The molecule has 0 aromatic heterocycles. The van der Waals surface area contributed by atoms with E-state index in [2.05, 4.69) is 36.9 Å². The molecule has 0 N–H and O–H groups in total. The van der Waals surface area contributed by atoms with Gasteiger partial charge in [0.25, 0.3) is 0 Å². The van der Waals surface area contributed by atoms with E-state index >= 15 is 0 Å². The van der Waals surface area contributed by atoms with Crippen molar-refractivity contribution >= 4 is 37.9 Å². The Kier molecular flexibility index (Phi) is 4.02. The zero-order chi connectivity index (χ0) is 10.6. The summed E-state index contributed by atoms with van der Waals surface area (Å²) in [4.78, 5) is 13.4. The molecule has 0 bridgehead atoms. The Labute approximate surface area is 97.7 Å². The molecule has 1 atom stereocenters. The van der Waals surface area contributed by atoms with E-state index in [0.717, 1.165) is 8.95 Å². The SMILES string of the molecule is N#CC(N=C=O)c1ccc(Br)c(Br)c1. The molecule has 0 saturated heterocycles. The number of nitrogens with zero attached hydrogens (tertiary/aromatic N) is 2. The minimum absolute atomic E-state index is 0.658. The highest BCUT2D eigenvalue weighted by Crippen LogP contribution is 2.27. The molecule has 3 nitrogen and oxygen atoms in total. The molecule has 0 heterocycles. The largest absolute Gasteiger partial charge is 0.236 e. The van der Waals surface area contributed by atoms with Gasteiger partial charge in [0.15, 0.2) is 6.04 Å². The van der Waals surface area contributed by atoms with Crippen molar-refractivity contribution in [2.24, 2.45) is 4.99 Å². The summed E-state index contributed by atoms with van der Waals surface area (Å²) in [6.07, 6.45) is 1.38. The number of nitriles is 1. The maximum Gasteiger partial charge on any atom is 0.236 e. The van der Waals surface area contributed by atoms with E-state index in [-0.39, 0.29) is 0 Å². The number of aliphatic imine (C=N–C) groups is 1. The Hall–Kier alpha value is -0.950. The van der Waals surface area contributed by atoms with Crippen LogP contribution in [-0.2, 0) is 4.79 Å². The van der Waals surface area contributed by atoms with Crippen LogP contribution in [0.4, 0.5) is 0 Å². The van der Waals surface area contributed by atoms with E-state index in [0.29, 0.717) is 5.56 Å². The number of rotatable bonds is 2. The molecule has 14 heavy (non-hydrogen) atoms. The minimum Gasteiger partial charge on any atom is -0.211 e. The van der Waals surface area contributed by atoms with Crippen LogP contribution in [0.3, 0.4) is 0 Å². The maximum atomic E-state index is 10.0. The third-order valence-corrected chi connectivity index (χ3v) is 3.44. The maximum absolute atomic E-state index is 10.0. The third-order valence-electron chi connectivity index (χ3n) is 1.56. The first kappa shape index (κ1) is 11.1. The Morgan fingerprint density at radius 1 is 1.36 bits per heavy atom. The molecule has 0 spiro atoms. The van der Waals surface area contributed by atoms with Crippen molar-refractivity contribution in [2.75, 3.05) is 0 Å². The van der Waals surface area contributed by atoms with Gasteiger partial charge in [-0.2, -0.15) is 10.3 Å². The second-order valence-corrected chi connectivity index (χ2v) is 4.13. The summed E-state index contributed by atoms with van der Waals surface area (Å²) >= 11 is 6.60. The van der Waals surface area contributed by atoms with Gasteiger partial charge >= 0.3 is 0 Å². The Bertz CT molecular complexity index is 433. The molecule has 70 valence electrons. The first-order valence-corrected chi connectivity index (χ1v) is 5.19. The van der Waals surface area contributed by atoms with E-state index < -0.39 is 6.04 Å². The molecule has 0 radical (unpaired) electrons. The van der Waals surface area contributed by atoms with Gasteiger partial charge in [-0.25, -0.2) is 4.79 Å². The molecule has 0 saturated carbocycles. The summed E-state index contributed by atoms with van der Waals surface area (Å²) in [5, 5.41) is 8.72. The van der Waals surface area contributed by atoms with Crippen LogP contribution >= 0.6 is 31.9 Å². The highest BCUT2D eigenvalue weighted by molar-refractivity contribution is 9.13. The van der Waals surface area contributed by atoms with E-state index in [4.69, 9.17) is 5.26 Å². The Morgan fingerprint density at radius 2 is 2.07 bits per heavy atom. The fourth-order valence-corrected chi connectivity index (χ4v) is 1.56. The van der Waals surface area contributed by atoms with Gasteiger partial charge in [0.1, 0.15) is 0 Å². The average Bonchev–Trinajstić information content (AvgIpc) is 2.19. The second-order valence-electron chi connectivity index (χ2n) is 2.43. The molecular weight excluding hydrogens is 312 g/mol. The zero-order valence-electron chi connectivity index (χ0n) is 6.87. The lowest BCUT2D eigenvalue weighted by molar-refractivity contribution is 0.561. The van der Waals surface area contributed by atoms with Crippen LogP contribution in [0.2, 0.25) is 0 Å². The van der Waals surface area contributed by atoms with Gasteiger partial charge < -0.3 is 0 Å². The predicted molar refractivity (Wildman–Crippen MR) is 58.3 cm³/mol. The first-order valence-electron chi connectivity index (χ1n) is 3.60. The fraction of sp³-hybridized carbons (Fsp3) is 0.111. The van der Waals surface area contributed by atoms with Gasteiger partial charge in [-0.3, -0.25) is 0 Å². The molecule has 1 aromatic rings. The van der Waals surface area contributed by atoms with Crippen LogP contribution < -0.4 is 0 Å². The van der Waals surface area contributed by atoms with Crippen LogP contribution in [0.1, 0.15) is 11.6 Å². The fourth-order valence-electron chi connectivity index (χ4n) is 0.913. The van der Waals surface area contributed by atoms with Gasteiger partial charge in [-0.05, 0) is 49.6 Å². The van der Waals surface area contributed by atoms with Crippen LogP contribution in [0, 0.1) is 11.3 Å². The summed E-state index contributed by atoms with van der Waals surface area (Å²) < 4.78 is 1.70. The summed E-state index contributed by atoms with van der Waals surface area (Å²) in [5.74, 6) is 0. The highest BCUT2D eigenvalue weighted by atomic mass is 79.9. The van der Waals surface area contributed by atoms with E-state index in [9.17, 15) is 4.79 Å². The van der Waals surface area contributed by atoms with Crippen molar-refractivity contribution in [1.29, 1.82) is 5.26 Å². The number of halogens is 2. The number of hydrogen-bond donors (Lipinski definition) is 0. The van der Waals surface area contributed by atoms with E-state index in [1.807, 2.05) is 6.07 Å². The van der Waals surface area contributed by atoms with E-state index in [1.165, 1.54) is 6.08 Å². The summed E-state index contributed by atoms with van der Waals surface area (Å²) in [6, 6.07) is 6.36. The molecule has 0 aliphatic heterocycles. The molecule has 5 heteroatoms. The molecule has 1 rings (SSSR count). The van der Waals surface area contributed by atoms with E-state index in [1.54, 1.807) is 18.2 Å². The van der Waals surface area contributed by atoms with Crippen molar-refractivity contribution in [2.45, 2.75) is 6.04 Å². The second kappa shape index (κ2) is 5.06. The van der Waals surface area contributed by atoms with Crippen molar-refractivity contribution in [1.82, 2.24) is 0 Å². The van der Waals surface area contributed by atoms with Crippen molar-refractivity contribution < 1.29 is 4.79 Å². The summed E-state index contributed by atoms with van der Waals surface area (Å²) in [7, 11) is 0. The Morgan fingerprint density at radius 3 is 2.57 bits per heavy atom. The summed E-state index contributed by atoms with van der Waals surface area (Å²) in [6.45, 7) is 0. The van der Waals surface area contributed by atoms with Crippen LogP contribution in [0.15, 0.2) is 32.1 Å². The monoisotopic (exact) mass is 314 g/mol. The standard InChI is InChI=1S/C9H4Br2N2O/c10-7-2-1-6(3-8(7)11)9(4-12)13-5-14/h1-3,9H. The smallest absolute Gasteiger partial charge is 0.211 e. The summed E-state index contributed by atoms with van der Waals surface area (Å²) in [5.41, 5.74) is 0.658. The molecule has 1 aromatic carbocycles. The van der Waals surface area contributed by atoms with Crippen molar-refractivity contribution in [3.05, 3.63) is 32.7 Å². The van der Waals surface area contributed by atoms with Gasteiger partial charge in [0, 0.05) is 8.95 Å². The van der Waals surface area contributed by atoms with Crippen molar-refractivity contribution in [3.63, 3.8) is 0 Å². The predicted octanol–water partition coefficient (Wildman–Crippen LogP) is 3.11. The number of benzene rings is 1. The van der Waals surface area contributed by atoms with Crippen LogP contribution in [-0.4, -0.2) is 6.08 Å². The molecule has 0 aliphatic rings. The van der Waals surface area contributed by atoms with Gasteiger partial charge in [-0.15, -0.1) is 0 Å². The lowest BCUT2D eigenvalue weighted by Crippen LogP contribution is -1.91. The normalized spacial score (nSPS) is 11.2. The molecule has 0 fully saturated rings. The lowest BCUT2D eigenvalue weighted by Gasteiger charge is -2.03.